The molecule has 96 valence electrons. The maximum Gasteiger partial charge on any atom is 0.0856 e. The van der Waals surface area contributed by atoms with E-state index in [1.54, 1.807) is 17.5 Å². The molecule has 18 heavy (non-hydrogen) atoms. The molecule has 0 aliphatic carbocycles. The van der Waals surface area contributed by atoms with Crippen molar-refractivity contribution in [2.75, 3.05) is 5.75 Å². The van der Waals surface area contributed by atoms with Gasteiger partial charge in [-0.2, -0.15) is 0 Å². The molecule has 1 N–H and O–H groups in total. The Morgan fingerprint density at radius 3 is 2.83 bits per heavy atom. The second-order valence-corrected chi connectivity index (χ2v) is 6.07. The Balaban J connectivity index is 1.96. The summed E-state index contributed by atoms with van der Waals surface area (Å²) < 4.78 is 0. The molecule has 0 atom stereocenters. The number of aliphatic hydroxyl groups is 1. The highest BCUT2D eigenvalue weighted by molar-refractivity contribution is 7.99. The molecular formula is C13H16N2OS2. The molecule has 0 spiro atoms. The number of rotatable bonds is 5. The van der Waals surface area contributed by atoms with Gasteiger partial charge in [0.1, 0.15) is 0 Å². The van der Waals surface area contributed by atoms with Crippen LogP contribution in [-0.2, 0) is 13.0 Å². The van der Waals surface area contributed by atoms with Crippen LogP contribution in [-0.4, -0.2) is 20.8 Å². The highest BCUT2D eigenvalue weighted by Gasteiger charge is 2.06. The minimum Gasteiger partial charge on any atom is -0.390 e. The van der Waals surface area contributed by atoms with Crippen molar-refractivity contribution in [3.05, 3.63) is 39.6 Å². The number of thiazole rings is 1. The summed E-state index contributed by atoms with van der Waals surface area (Å²) in [5.74, 6) is 1.03. The van der Waals surface area contributed by atoms with Crippen molar-refractivity contribution in [2.45, 2.75) is 31.8 Å². The molecule has 2 aromatic heterocycles. The third kappa shape index (κ3) is 3.10. The first-order chi connectivity index (χ1) is 8.72. The average molecular weight is 280 g/mol. The van der Waals surface area contributed by atoms with Gasteiger partial charge < -0.3 is 5.11 Å². The summed E-state index contributed by atoms with van der Waals surface area (Å²) in [5.41, 5.74) is 4.90. The molecule has 2 aromatic rings. The van der Waals surface area contributed by atoms with Crippen LogP contribution in [0.25, 0.3) is 0 Å². The molecule has 5 heteroatoms. The maximum atomic E-state index is 9.18. The predicted molar refractivity (Wildman–Crippen MR) is 76.2 cm³/mol. The van der Waals surface area contributed by atoms with E-state index in [1.165, 1.54) is 9.77 Å². The minimum atomic E-state index is 0.00812. The summed E-state index contributed by atoms with van der Waals surface area (Å²) in [6.07, 6.45) is 2.80. The van der Waals surface area contributed by atoms with Crippen LogP contribution < -0.4 is 0 Å². The number of aliphatic hydroxyl groups excluding tert-OH is 1. The van der Waals surface area contributed by atoms with E-state index in [9.17, 15) is 5.11 Å². The minimum absolute atomic E-state index is 0.00812. The first-order valence-electron chi connectivity index (χ1n) is 5.79. The van der Waals surface area contributed by atoms with Crippen molar-refractivity contribution in [1.29, 1.82) is 0 Å². The Labute approximate surface area is 115 Å². The SMILES string of the molecule is Cc1ncsc1CCSc1ccnc(CO)c1C. The van der Waals surface area contributed by atoms with Gasteiger partial charge in [0.25, 0.3) is 0 Å². The molecule has 0 unspecified atom stereocenters. The van der Waals surface area contributed by atoms with Crippen molar-refractivity contribution in [1.82, 2.24) is 9.97 Å². The quantitative estimate of drug-likeness (QED) is 0.855. The summed E-state index contributed by atoms with van der Waals surface area (Å²) in [6.45, 7) is 4.07. The normalized spacial score (nSPS) is 10.8. The van der Waals surface area contributed by atoms with E-state index >= 15 is 0 Å². The van der Waals surface area contributed by atoms with Gasteiger partial charge in [-0.05, 0) is 31.9 Å². The maximum absolute atomic E-state index is 9.18. The van der Waals surface area contributed by atoms with Crippen molar-refractivity contribution < 1.29 is 5.11 Å². The summed E-state index contributed by atoms with van der Waals surface area (Å²) in [5, 5.41) is 9.18. The molecule has 2 rings (SSSR count). The smallest absolute Gasteiger partial charge is 0.0856 e. The number of hydrogen-bond acceptors (Lipinski definition) is 5. The first-order valence-corrected chi connectivity index (χ1v) is 7.66. The molecule has 2 heterocycles. The second-order valence-electron chi connectivity index (χ2n) is 4.00. The lowest BCUT2D eigenvalue weighted by atomic mass is 10.2. The molecular weight excluding hydrogens is 264 g/mol. The van der Waals surface area contributed by atoms with Crippen LogP contribution in [0, 0.1) is 13.8 Å². The number of hydrogen-bond donors (Lipinski definition) is 1. The largest absolute Gasteiger partial charge is 0.390 e. The molecule has 0 aliphatic rings. The van der Waals surface area contributed by atoms with Gasteiger partial charge in [0.2, 0.25) is 0 Å². The van der Waals surface area contributed by atoms with Crippen molar-refractivity contribution in [3.8, 4) is 0 Å². The van der Waals surface area contributed by atoms with Gasteiger partial charge in [0.05, 0.1) is 23.5 Å². The van der Waals surface area contributed by atoms with E-state index in [4.69, 9.17) is 0 Å². The molecule has 0 aromatic carbocycles. The second kappa shape index (κ2) is 6.31. The molecule has 0 radical (unpaired) electrons. The molecule has 0 fully saturated rings. The molecule has 3 nitrogen and oxygen atoms in total. The zero-order chi connectivity index (χ0) is 13.0. The summed E-state index contributed by atoms with van der Waals surface area (Å²) in [7, 11) is 0. The fourth-order valence-electron chi connectivity index (χ4n) is 1.69. The van der Waals surface area contributed by atoms with E-state index in [1.807, 2.05) is 30.3 Å². The van der Waals surface area contributed by atoms with E-state index in [2.05, 4.69) is 16.9 Å². The lowest BCUT2D eigenvalue weighted by Crippen LogP contribution is -1.96. The zero-order valence-electron chi connectivity index (χ0n) is 10.5. The molecule has 0 bridgehead atoms. The Hall–Kier alpha value is -0.910. The molecule has 0 amide bonds. The lowest BCUT2D eigenvalue weighted by molar-refractivity contribution is 0.275. The Bertz CT molecular complexity index is 525. The highest BCUT2D eigenvalue weighted by Crippen LogP contribution is 2.25. The van der Waals surface area contributed by atoms with Crippen LogP contribution in [0.5, 0.6) is 0 Å². The topological polar surface area (TPSA) is 46.0 Å². The molecule has 0 aliphatic heterocycles. The number of nitrogens with zero attached hydrogens (tertiary/aromatic N) is 2. The number of pyridine rings is 1. The van der Waals surface area contributed by atoms with E-state index < -0.39 is 0 Å². The van der Waals surface area contributed by atoms with E-state index in [-0.39, 0.29) is 6.61 Å². The third-order valence-electron chi connectivity index (χ3n) is 2.84. The van der Waals surface area contributed by atoms with Crippen LogP contribution in [0.15, 0.2) is 22.7 Å². The van der Waals surface area contributed by atoms with Gasteiger partial charge in [-0.1, -0.05) is 0 Å². The number of thioether (sulfide) groups is 1. The predicted octanol–water partition coefficient (Wildman–Crippen LogP) is 2.98. The van der Waals surface area contributed by atoms with E-state index in [0.717, 1.165) is 29.1 Å². The van der Waals surface area contributed by atoms with Gasteiger partial charge in [-0.25, -0.2) is 4.98 Å². The monoisotopic (exact) mass is 280 g/mol. The van der Waals surface area contributed by atoms with Crippen LogP contribution in [0.3, 0.4) is 0 Å². The fourth-order valence-corrected chi connectivity index (χ4v) is 3.62. The fraction of sp³-hybridized carbons (Fsp3) is 0.385. The van der Waals surface area contributed by atoms with Crippen LogP contribution in [0.4, 0.5) is 0 Å². The van der Waals surface area contributed by atoms with Gasteiger partial charge in [-0.15, -0.1) is 23.1 Å². The van der Waals surface area contributed by atoms with Crippen molar-refractivity contribution >= 4 is 23.1 Å². The van der Waals surface area contributed by atoms with Crippen LogP contribution in [0.2, 0.25) is 0 Å². The lowest BCUT2D eigenvalue weighted by Gasteiger charge is -2.08. The Kier molecular flexibility index (Phi) is 4.74. The first kappa shape index (κ1) is 13.5. The van der Waals surface area contributed by atoms with Gasteiger partial charge >= 0.3 is 0 Å². The van der Waals surface area contributed by atoms with E-state index in [0.29, 0.717) is 0 Å². The van der Waals surface area contributed by atoms with Crippen molar-refractivity contribution in [3.63, 3.8) is 0 Å². The third-order valence-corrected chi connectivity index (χ3v) is 5.00. The van der Waals surface area contributed by atoms with Gasteiger partial charge in [0.15, 0.2) is 0 Å². The Morgan fingerprint density at radius 2 is 2.17 bits per heavy atom. The van der Waals surface area contributed by atoms with Gasteiger partial charge in [0, 0.05) is 21.7 Å². The molecule has 0 saturated carbocycles. The summed E-state index contributed by atoms with van der Waals surface area (Å²) >= 11 is 3.53. The molecule has 0 saturated heterocycles. The summed E-state index contributed by atoms with van der Waals surface area (Å²) in [4.78, 5) is 11.0. The van der Waals surface area contributed by atoms with Crippen molar-refractivity contribution in [2.24, 2.45) is 0 Å². The van der Waals surface area contributed by atoms with Crippen LogP contribution >= 0.6 is 23.1 Å². The summed E-state index contributed by atoms with van der Waals surface area (Å²) in [6, 6.07) is 2.01. The van der Waals surface area contributed by atoms with Gasteiger partial charge in [-0.3, -0.25) is 4.98 Å². The van der Waals surface area contributed by atoms with Crippen LogP contribution in [0.1, 0.15) is 21.8 Å². The standard InChI is InChI=1S/C13H16N2OS2/c1-9-11(7-16)14-5-3-12(9)17-6-4-13-10(2)15-8-18-13/h3,5,8,16H,4,6-7H2,1-2H3. The Morgan fingerprint density at radius 1 is 1.33 bits per heavy atom. The highest BCUT2D eigenvalue weighted by atomic mass is 32.2. The number of aryl methyl sites for hydroxylation is 2. The number of aromatic nitrogens is 2. The zero-order valence-corrected chi connectivity index (χ0v) is 12.1. The average Bonchev–Trinajstić information content (AvgIpc) is 2.77.